The quantitative estimate of drug-likeness (QED) is 0.705. The van der Waals surface area contributed by atoms with Crippen molar-refractivity contribution in [2.75, 3.05) is 5.33 Å². The Bertz CT molecular complexity index is 514. The monoisotopic (exact) mass is 345 g/mol. The van der Waals surface area contributed by atoms with E-state index in [0.717, 1.165) is 13.1 Å². The fraction of sp³-hybridized carbons (Fsp3) is 0.278. The molecule has 0 aliphatic heterocycles. The highest BCUT2D eigenvalue weighted by molar-refractivity contribution is 9.09. The first kappa shape index (κ1) is 15.9. The molecule has 0 saturated carbocycles. The van der Waals surface area contributed by atoms with Crippen molar-refractivity contribution in [2.45, 2.75) is 26.1 Å². The standard InChI is InChI=1S/C18H20BrNO/c1-15(18(21)12-19)20(13-16-8-4-2-5-9-16)14-17-10-6-3-7-11-17/h2-11,15H,12-14H2,1H3/t15-/m0/s1. The van der Waals surface area contributed by atoms with Crippen molar-refractivity contribution >= 4 is 21.7 Å². The maximum Gasteiger partial charge on any atom is 0.160 e. The first-order valence-corrected chi connectivity index (χ1v) is 8.23. The zero-order valence-electron chi connectivity index (χ0n) is 12.2. The summed E-state index contributed by atoms with van der Waals surface area (Å²) in [7, 11) is 0. The lowest BCUT2D eigenvalue weighted by Crippen LogP contribution is -2.38. The third-order valence-electron chi connectivity index (χ3n) is 3.60. The normalized spacial score (nSPS) is 12.3. The summed E-state index contributed by atoms with van der Waals surface area (Å²) < 4.78 is 0. The van der Waals surface area contributed by atoms with Crippen LogP contribution in [-0.2, 0) is 17.9 Å². The van der Waals surface area contributed by atoms with Gasteiger partial charge in [0.25, 0.3) is 0 Å². The SMILES string of the molecule is C[C@@H](C(=O)CBr)N(Cc1ccccc1)Cc1ccccc1. The lowest BCUT2D eigenvalue weighted by molar-refractivity contribution is -0.121. The molecule has 0 spiro atoms. The number of halogens is 1. The Morgan fingerprint density at radius 1 is 0.952 bits per heavy atom. The minimum atomic E-state index is -0.107. The first-order chi connectivity index (χ1) is 10.2. The number of hydrogen-bond acceptors (Lipinski definition) is 2. The van der Waals surface area contributed by atoms with Crippen LogP contribution in [0.3, 0.4) is 0 Å². The van der Waals surface area contributed by atoms with Gasteiger partial charge in [-0.05, 0) is 18.1 Å². The van der Waals surface area contributed by atoms with Crippen LogP contribution < -0.4 is 0 Å². The van der Waals surface area contributed by atoms with Crippen molar-refractivity contribution in [1.82, 2.24) is 4.90 Å². The van der Waals surface area contributed by atoms with Gasteiger partial charge in [0.05, 0.1) is 11.4 Å². The first-order valence-electron chi connectivity index (χ1n) is 7.11. The summed E-state index contributed by atoms with van der Waals surface area (Å²) in [4.78, 5) is 14.3. The van der Waals surface area contributed by atoms with Crippen LogP contribution in [0.15, 0.2) is 60.7 Å². The molecule has 1 atom stereocenters. The Balaban J connectivity index is 2.15. The molecule has 0 unspecified atom stereocenters. The molecular formula is C18H20BrNO. The number of nitrogens with zero attached hydrogens (tertiary/aromatic N) is 1. The number of carbonyl (C=O) groups is 1. The zero-order chi connectivity index (χ0) is 15.1. The van der Waals surface area contributed by atoms with Crippen LogP contribution in [0.2, 0.25) is 0 Å². The van der Waals surface area contributed by atoms with Gasteiger partial charge in [0.1, 0.15) is 0 Å². The van der Waals surface area contributed by atoms with Crippen LogP contribution in [0.25, 0.3) is 0 Å². The van der Waals surface area contributed by atoms with Gasteiger partial charge >= 0.3 is 0 Å². The van der Waals surface area contributed by atoms with Crippen molar-refractivity contribution in [3.8, 4) is 0 Å². The number of carbonyl (C=O) groups excluding carboxylic acids is 1. The molecular weight excluding hydrogens is 326 g/mol. The molecule has 0 radical (unpaired) electrons. The Hall–Kier alpha value is -1.45. The number of ketones is 1. The second-order valence-corrected chi connectivity index (χ2v) is 5.71. The fourth-order valence-corrected chi connectivity index (χ4v) is 2.75. The van der Waals surface area contributed by atoms with E-state index in [1.807, 2.05) is 43.3 Å². The minimum absolute atomic E-state index is 0.107. The summed E-state index contributed by atoms with van der Waals surface area (Å²) in [5, 5.41) is 0.397. The van der Waals surface area contributed by atoms with E-state index in [0.29, 0.717) is 5.33 Å². The molecule has 0 aliphatic carbocycles. The molecule has 2 nitrogen and oxygen atoms in total. The molecule has 0 N–H and O–H groups in total. The van der Waals surface area contributed by atoms with Gasteiger partial charge in [-0.2, -0.15) is 0 Å². The molecule has 3 heteroatoms. The Morgan fingerprint density at radius 3 is 1.76 bits per heavy atom. The smallest absolute Gasteiger partial charge is 0.160 e. The molecule has 2 rings (SSSR count). The number of Topliss-reactive ketones (excluding diaryl/α,β-unsaturated/α-hetero) is 1. The predicted molar refractivity (Wildman–Crippen MR) is 90.4 cm³/mol. The average molecular weight is 346 g/mol. The number of benzene rings is 2. The van der Waals surface area contributed by atoms with Crippen molar-refractivity contribution in [2.24, 2.45) is 0 Å². The van der Waals surface area contributed by atoms with E-state index in [-0.39, 0.29) is 11.8 Å². The molecule has 2 aromatic rings. The van der Waals surface area contributed by atoms with Gasteiger partial charge in [-0.15, -0.1) is 0 Å². The number of rotatable bonds is 7. The van der Waals surface area contributed by atoms with E-state index in [2.05, 4.69) is 45.1 Å². The molecule has 2 aromatic carbocycles. The van der Waals surface area contributed by atoms with E-state index in [9.17, 15) is 4.79 Å². The summed E-state index contributed by atoms with van der Waals surface area (Å²) in [5.41, 5.74) is 2.45. The molecule has 0 aromatic heterocycles. The van der Waals surface area contributed by atoms with Crippen molar-refractivity contribution in [3.63, 3.8) is 0 Å². The van der Waals surface area contributed by atoms with Gasteiger partial charge in [-0.1, -0.05) is 76.6 Å². The van der Waals surface area contributed by atoms with Crippen LogP contribution in [0.1, 0.15) is 18.1 Å². The van der Waals surface area contributed by atoms with Crippen molar-refractivity contribution < 1.29 is 4.79 Å². The summed E-state index contributed by atoms with van der Waals surface area (Å²) in [6.45, 7) is 3.53. The van der Waals surface area contributed by atoms with Crippen LogP contribution in [-0.4, -0.2) is 22.1 Å². The molecule has 0 bridgehead atoms. The van der Waals surface area contributed by atoms with E-state index < -0.39 is 0 Å². The predicted octanol–water partition coefficient (Wildman–Crippen LogP) is 4.04. The highest BCUT2D eigenvalue weighted by atomic mass is 79.9. The summed E-state index contributed by atoms with van der Waals surface area (Å²) >= 11 is 3.28. The van der Waals surface area contributed by atoms with E-state index in [4.69, 9.17) is 0 Å². The summed E-state index contributed by atoms with van der Waals surface area (Å²) in [6, 6.07) is 20.5. The van der Waals surface area contributed by atoms with Crippen molar-refractivity contribution in [1.29, 1.82) is 0 Å². The van der Waals surface area contributed by atoms with Gasteiger partial charge in [0.2, 0.25) is 0 Å². The lowest BCUT2D eigenvalue weighted by atomic mass is 10.1. The largest absolute Gasteiger partial charge is 0.297 e. The van der Waals surface area contributed by atoms with Crippen LogP contribution in [0.4, 0.5) is 0 Å². The Labute approximate surface area is 134 Å². The Kier molecular flexibility index (Phi) is 6.15. The van der Waals surface area contributed by atoms with Crippen LogP contribution in [0, 0.1) is 0 Å². The maximum atomic E-state index is 12.0. The highest BCUT2D eigenvalue weighted by Gasteiger charge is 2.20. The van der Waals surface area contributed by atoms with Gasteiger partial charge < -0.3 is 0 Å². The zero-order valence-corrected chi connectivity index (χ0v) is 13.8. The molecule has 0 heterocycles. The summed E-state index contributed by atoms with van der Waals surface area (Å²) in [6.07, 6.45) is 0. The van der Waals surface area contributed by atoms with E-state index in [1.54, 1.807) is 0 Å². The number of alkyl halides is 1. The second-order valence-electron chi connectivity index (χ2n) is 5.15. The fourth-order valence-electron chi connectivity index (χ4n) is 2.28. The summed E-state index contributed by atoms with van der Waals surface area (Å²) in [5.74, 6) is 0.210. The van der Waals surface area contributed by atoms with Gasteiger partial charge in [0.15, 0.2) is 5.78 Å². The third kappa shape index (κ3) is 4.80. The topological polar surface area (TPSA) is 20.3 Å². The van der Waals surface area contributed by atoms with Crippen molar-refractivity contribution in [3.05, 3.63) is 71.8 Å². The molecule has 110 valence electrons. The maximum absolute atomic E-state index is 12.0. The van der Waals surface area contributed by atoms with E-state index >= 15 is 0 Å². The van der Waals surface area contributed by atoms with E-state index in [1.165, 1.54) is 11.1 Å². The molecule has 0 amide bonds. The number of hydrogen-bond donors (Lipinski definition) is 0. The van der Waals surface area contributed by atoms with Crippen LogP contribution >= 0.6 is 15.9 Å². The third-order valence-corrected chi connectivity index (χ3v) is 4.16. The Morgan fingerprint density at radius 2 is 1.38 bits per heavy atom. The van der Waals surface area contributed by atoms with Gasteiger partial charge in [0, 0.05) is 13.1 Å². The van der Waals surface area contributed by atoms with Gasteiger partial charge in [-0.3, -0.25) is 9.69 Å². The molecule has 0 fully saturated rings. The molecule has 0 saturated heterocycles. The molecule has 21 heavy (non-hydrogen) atoms. The minimum Gasteiger partial charge on any atom is -0.297 e. The lowest BCUT2D eigenvalue weighted by Gasteiger charge is -2.28. The highest BCUT2D eigenvalue weighted by Crippen LogP contribution is 2.14. The van der Waals surface area contributed by atoms with Crippen LogP contribution in [0.5, 0.6) is 0 Å². The van der Waals surface area contributed by atoms with Gasteiger partial charge in [-0.25, -0.2) is 0 Å². The second kappa shape index (κ2) is 8.11. The molecule has 0 aliphatic rings. The average Bonchev–Trinajstić information content (AvgIpc) is 2.54.